The van der Waals surface area contributed by atoms with Crippen molar-refractivity contribution in [2.24, 2.45) is 0 Å². The monoisotopic (exact) mass is 276 g/mol. The van der Waals surface area contributed by atoms with E-state index in [1.807, 2.05) is 0 Å². The van der Waals surface area contributed by atoms with Gasteiger partial charge in [0.2, 0.25) is 0 Å². The van der Waals surface area contributed by atoms with E-state index in [1.54, 1.807) is 6.92 Å². The standard InChI is InChI=1S/C10H10BrFO3/c1-3-15-10(13)8-7(14-2)5-4-6(11)9(8)12/h4-5H,3H2,1-2H3. The summed E-state index contributed by atoms with van der Waals surface area (Å²) < 4.78 is 23.4. The van der Waals surface area contributed by atoms with E-state index in [1.165, 1.54) is 19.2 Å². The number of ether oxygens (including phenoxy) is 2. The Bertz CT molecular complexity index is 379. The zero-order valence-corrected chi connectivity index (χ0v) is 9.93. The molecule has 0 N–H and O–H groups in total. The van der Waals surface area contributed by atoms with Crippen LogP contribution in [-0.4, -0.2) is 19.7 Å². The summed E-state index contributed by atoms with van der Waals surface area (Å²) in [6.45, 7) is 1.84. The molecule has 0 heterocycles. The summed E-state index contributed by atoms with van der Waals surface area (Å²) in [4.78, 5) is 11.4. The van der Waals surface area contributed by atoms with Gasteiger partial charge in [0.1, 0.15) is 11.3 Å². The van der Waals surface area contributed by atoms with E-state index < -0.39 is 11.8 Å². The fourth-order valence-electron chi connectivity index (χ4n) is 1.10. The van der Waals surface area contributed by atoms with Crippen molar-refractivity contribution in [3.05, 3.63) is 28.0 Å². The lowest BCUT2D eigenvalue weighted by atomic mass is 10.2. The molecule has 0 fully saturated rings. The first-order valence-corrected chi connectivity index (χ1v) is 5.10. The fourth-order valence-corrected chi connectivity index (χ4v) is 1.43. The van der Waals surface area contributed by atoms with E-state index in [0.717, 1.165) is 0 Å². The van der Waals surface area contributed by atoms with Crippen LogP contribution in [0.1, 0.15) is 17.3 Å². The van der Waals surface area contributed by atoms with Crippen molar-refractivity contribution in [1.82, 2.24) is 0 Å². The third kappa shape index (κ3) is 2.47. The molecule has 0 aliphatic heterocycles. The highest BCUT2D eigenvalue weighted by Crippen LogP contribution is 2.28. The molecule has 0 aliphatic carbocycles. The van der Waals surface area contributed by atoms with Gasteiger partial charge in [-0.25, -0.2) is 9.18 Å². The Kier molecular flexibility index (Phi) is 4.08. The number of halogens is 2. The Morgan fingerprint density at radius 1 is 1.53 bits per heavy atom. The van der Waals surface area contributed by atoms with Crippen LogP contribution in [0, 0.1) is 5.82 Å². The number of rotatable bonds is 3. The lowest BCUT2D eigenvalue weighted by Gasteiger charge is -2.09. The van der Waals surface area contributed by atoms with E-state index in [9.17, 15) is 9.18 Å². The number of benzene rings is 1. The van der Waals surface area contributed by atoms with Gasteiger partial charge in [0.05, 0.1) is 18.2 Å². The fraction of sp³-hybridized carbons (Fsp3) is 0.300. The Labute approximate surface area is 95.3 Å². The first-order valence-electron chi connectivity index (χ1n) is 4.31. The second-order valence-electron chi connectivity index (χ2n) is 2.66. The predicted octanol–water partition coefficient (Wildman–Crippen LogP) is 2.77. The van der Waals surface area contributed by atoms with Gasteiger partial charge in [0.15, 0.2) is 5.82 Å². The number of methoxy groups -OCH3 is 1. The van der Waals surface area contributed by atoms with E-state index in [2.05, 4.69) is 15.9 Å². The number of esters is 1. The quantitative estimate of drug-likeness (QED) is 0.797. The molecule has 15 heavy (non-hydrogen) atoms. The lowest BCUT2D eigenvalue weighted by molar-refractivity contribution is 0.0517. The van der Waals surface area contributed by atoms with Crippen LogP contribution in [0.15, 0.2) is 16.6 Å². The molecule has 0 spiro atoms. The molecule has 0 aliphatic rings. The summed E-state index contributed by atoms with van der Waals surface area (Å²) in [7, 11) is 1.37. The van der Waals surface area contributed by atoms with E-state index in [4.69, 9.17) is 9.47 Å². The Morgan fingerprint density at radius 3 is 2.73 bits per heavy atom. The van der Waals surface area contributed by atoms with Gasteiger partial charge in [-0.3, -0.25) is 0 Å². The maximum Gasteiger partial charge on any atom is 0.344 e. The van der Waals surface area contributed by atoms with Crippen molar-refractivity contribution < 1.29 is 18.7 Å². The van der Waals surface area contributed by atoms with Crippen molar-refractivity contribution >= 4 is 21.9 Å². The molecule has 0 aromatic heterocycles. The number of carbonyl (C=O) groups excluding carboxylic acids is 1. The summed E-state index contributed by atoms with van der Waals surface area (Å²) >= 11 is 2.99. The molecule has 0 amide bonds. The molecule has 0 radical (unpaired) electrons. The topological polar surface area (TPSA) is 35.5 Å². The zero-order chi connectivity index (χ0) is 11.4. The van der Waals surface area contributed by atoms with Gasteiger partial charge in [-0.15, -0.1) is 0 Å². The predicted molar refractivity (Wildman–Crippen MR) is 56.6 cm³/mol. The normalized spacial score (nSPS) is 9.87. The second kappa shape index (κ2) is 5.11. The summed E-state index contributed by atoms with van der Waals surface area (Å²) in [6, 6.07) is 2.97. The van der Waals surface area contributed by atoms with E-state index >= 15 is 0 Å². The molecule has 5 heteroatoms. The van der Waals surface area contributed by atoms with Gasteiger partial charge in [-0.2, -0.15) is 0 Å². The Morgan fingerprint density at radius 2 is 2.20 bits per heavy atom. The second-order valence-corrected chi connectivity index (χ2v) is 3.51. The molecule has 1 aromatic carbocycles. The van der Waals surface area contributed by atoms with E-state index in [0.29, 0.717) is 0 Å². The zero-order valence-electron chi connectivity index (χ0n) is 8.34. The molecule has 0 saturated heterocycles. The minimum Gasteiger partial charge on any atom is -0.496 e. The maximum atomic E-state index is 13.6. The molecule has 0 unspecified atom stereocenters. The van der Waals surface area contributed by atoms with Crippen molar-refractivity contribution in [3.63, 3.8) is 0 Å². The Balaban J connectivity index is 3.23. The number of hydrogen-bond donors (Lipinski definition) is 0. The van der Waals surface area contributed by atoms with Crippen molar-refractivity contribution in [1.29, 1.82) is 0 Å². The molecular formula is C10H10BrFO3. The average Bonchev–Trinajstić information content (AvgIpc) is 2.22. The van der Waals surface area contributed by atoms with Crippen molar-refractivity contribution in [2.45, 2.75) is 6.92 Å². The Hall–Kier alpha value is -1.10. The van der Waals surface area contributed by atoms with Crippen LogP contribution in [0.5, 0.6) is 5.75 Å². The van der Waals surface area contributed by atoms with Crippen LogP contribution in [-0.2, 0) is 4.74 Å². The van der Waals surface area contributed by atoms with Gasteiger partial charge < -0.3 is 9.47 Å². The highest BCUT2D eigenvalue weighted by atomic mass is 79.9. The van der Waals surface area contributed by atoms with Gasteiger partial charge in [0.25, 0.3) is 0 Å². The summed E-state index contributed by atoms with van der Waals surface area (Å²) in [5.74, 6) is -1.24. The van der Waals surface area contributed by atoms with Crippen LogP contribution in [0.3, 0.4) is 0 Å². The molecule has 1 rings (SSSR count). The highest BCUT2D eigenvalue weighted by molar-refractivity contribution is 9.10. The minimum atomic E-state index is -0.729. The smallest absolute Gasteiger partial charge is 0.344 e. The molecular weight excluding hydrogens is 267 g/mol. The average molecular weight is 277 g/mol. The van der Waals surface area contributed by atoms with Crippen LogP contribution in [0.4, 0.5) is 4.39 Å². The molecule has 0 bridgehead atoms. The largest absolute Gasteiger partial charge is 0.496 e. The summed E-state index contributed by atoms with van der Waals surface area (Å²) in [5.41, 5.74) is -0.186. The third-order valence-electron chi connectivity index (χ3n) is 1.76. The summed E-state index contributed by atoms with van der Waals surface area (Å²) in [5, 5.41) is 0. The molecule has 1 aromatic rings. The molecule has 3 nitrogen and oxygen atoms in total. The summed E-state index contributed by atoms with van der Waals surface area (Å²) in [6.07, 6.45) is 0. The van der Waals surface area contributed by atoms with Gasteiger partial charge >= 0.3 is 5.97 Å². The minimum absolute atomic E-state index is 0.161. The maximum absolute atomic E-state index is 13.6. The highest BCUT2D eigenvalue weighted by Gasteiger charge is 2.20. The van der Waals surface area contributed by atoms with Gasteiger partial charge in [-0.1, -0.05) is 0 Å². The van der Waals surface area contributed by atoms with E-state index in [-0.39, 0.29) is 22.4 Å². The molecule has 0 atom stereocenters. The van der Waals surface area contributed by atoms with Crippen LogP contribution in [0.2, 0.25) is 0 Å². The molecule has 0 saturated carbocycles. The third-order valence-corrected chi connectivity index (χ3v) is 2.37. The van der Waals surface area contributed by atoms with Gasteiger partial charge in [-0.05, 0) is 35.0 Å². The van der Waals surface area contributed by atoms with Gasteiger partial charge in [0, 0.05) is 0 Å². The first-order chi connectivity index (χ1) is 7.11. The first kappa shape index (κ1) is 12.0. The van der Waals surface area contributed by atoms with Crippen LogP contribution >= 0.6 is 15.9 Å². The number of hydrogen-bond acceptors (Lipinski definition) is 3. The number of carbonyl (C=O) groups is 1. The molecule has 82 valence electrons. The van der Waals surface area contributed by atoms with Crippen molar-refractivity contribution in [2.75, 3.05) is 13.7 Å². The van der Waals surface area contributed by atoms with Crippen LogP contribution in [0.25, 0.3) is 0 Å². The SMILES string of the molecule is CCOC(=O)c1c(OC)ccc(Br)c1F. The van der Waals surface area contributed by atoms with Crippen LogP contribution < -0.4 is 4.74 Å². The van der Waals surface area contributed by atoms with Crippen molar-refractivity contribution in [3.8, 4) is 5.75 Å². The lowest BCUT2D eigenvalue weighted by Crippen LogP contribution is -2.09.